The van der Waals surface area contributed by atoms with Crippen molar-refractivity contribution in [2.45, 2.75) is 6.92 Å². The summed E-state index contributed by atoms with van der Waals surface area (Å²) in [5.74, 6) is 0.936. The van der Waals surface area contributed by atoms with Crippen LogP contribution in [0.2, 0.25) is 0 Å². The van der Waals surface area contributed by atoms with Crippen molar-refractivity contribution in [2.75, 3.05) is 11.9 Å². The first-order chi connectivity index (χ1) is 14.1. The molecule has 0 unspecified atom stereocenters. The molecule has 0 aliphatic heterocycles. The molecule has 0 saturated carbocycles. The molecule has 1 amide bonds. The van der Waals surface area contributed by atoms with E-state index in [2.05, 4.69) is 20.6 Å². The maximum atomic E-state index is 12.2. The molecule has 0 bridgehead atoms. The molecule has 8 nitrogen and oxygen atoms in total. The molecule has 4 aromatic rings. The lowest BCUT2D eigenvalue weighted by molar-refractivity contribution is -0.118. The van der Waals surface area contributed by atoms with Crippen molar-refractivity contribution in [3.8, 4) is 23.1 Å². The van der Waals surface area contributed by atoms with E-state index >= 15 is 0 Å². The van der Waals surface area contributed by atoms with Gasteiger partial charge in [-0.15, -0.1) is 10.2 Å². The van der Waals surface area contributed by atoms with Crippen LogP contribution in [0.4, 0.5) is 5.69 Å². The van der Waals surface area contributed by atoms with Crippen LogP contribution in [0.15, 0.2) is 60.7 Å². The van der Waals surface area contributed by atoms with E-state index in [1.54, 1.807) is 34.8 Å². The van der Waals surface area contributed by atoms with E-state index < -0.39 is 0 Å². The Kier molecular flexibility index (Phi) is 4.86. The van der Waals surface area contributed by atoms with Gasteiger partial charge in [-0.25, -0.2) is 0 Å². The summed E-state index contributed by atoms with van der Waals surface area (Å²) >= 11 is 0. The molecule has 142 valence electrons. The van der Waals surface area contributed by atoms with Gasteiger partial charge >= 0.3 is 0 Å². The fourth-order valence-electron chi connectivity index (χ4n) is 2.78. The van der Waals surface area contributed by atoms with Crippen LogP contribution in [0.25, 0.3) is 16.9 Å². The van der Waals surface area contributed by atoms with Crippen molar-refractivity contribution in [3.63, 3.8) is 0 Å². The van der Waals surface area contributed by atoms with Gasteiger partial charge in [0.15, 0.2) is 18.1 Å². The number of aryl methyl sites for hydroxylation is 1. The molecule has 2 aromatic heterocycles. The number of carbonyl (C=O) groups is 1. The Labute approximate surface area is 166 Å². The lowest BCUT2D eigenvalue weighted by Gasteiger charge is -2.09. The van der Waals surface area contributed by atoms with E-state index in [0.29, 0.717) is 28.5 Å². The standard InChI is InChI=1S/C21H16N6O2/c1-14-24-25-20-10-9-19(26-27(14)20)16-3-2-4-17(11-16)23-21(28)13-29-18-7-5-15(12-22)6-8-18/h2-11H,13H2,1H3,(H,23,28). The third-order valence-corrected chi connectivity index (χ3v) is 4.21. The summed E-state index contributed by atoms with van der Waals surface area (Å²) in [5, 5.41) is 24.2. The largest absolute Gasteiger partial charge is 0.484 e. The zero-order valence-corrected chi connectivity index (χ0v) is 15.5. The van der Waals surface area contributed by atoms with E-state index in [4.69, 9.17) is 10.00 Å². The predicted molar refractivity (Wildman–Crippen MR) is 106 cm³/mol. The first-order valence-electron chi connectivity index (χ1n) is 8.85. The number of amides is 1. The maximum Gasteiger partial charge on any atom is 0.262 e. The highest BCUT2D eigenvalue weighted by atomic mass is 16.5. The Morgan fingerprint density at radius 3 is 2.76 bits per heavy atom. The molecule has 0 spiro atoms. The van der Waals surface area contributed by atoms with Crippen molar-refractivity contribution in [1.82, 2.24) is 19.8 Å². The molecular formula is C21H16N6O2. The number of nitrogens with one attached hydrogen (secondary N) is 1. The smallest absolute Gasteiger partial charge is 0.262 e. The normalized spacial score (nSPS) is 10.5. The molecule has 1 N–H and O–H groups in total. The van der Waals surface area contributed by atoms with E-state index in [1.807, 2.05) is 43.3 Å². The maximum absolute atomic E-state index is 12.2. The molecule has 0 aliphatic rings. The summed E-state index contributed by atoms with van der Waals surface area (Å²) in [6.07, 6.45) is 0. The van der Waals surface area contributed by atoms with E-state index in [-0.39, 0.29) is 12.5 Å². The molecule has 0 saturated heterocycles. The topological polar surface area (TPSA) is 105 Å². The van der Waals surface area contributed by atoms with Gasteiger partial charge in [-0.3, -0.25) is 4.79 Å². The average molecular weight is 384 g/mol. The quantitative estimate of drug-likeness (QED) is 0.567. The van der Waals surface area contributed by atoms with Crippen LogP contribution in [-0.4, -0.2) is 32.3 Å². The van der Waals surface area contributed by atoms with Crippen LogP contribution in [0.1, 0.15) is 11.4 Å². The minimum Gasteiger partial charge on any atom is -0.484 e. The van der Waals surface area contributed by atoms with E-state index in [1.165, 1.54) is 0 Å². The van der Waals surface area contributed by atoms with Crippen molar-refractivity contribution >= 4 is 17.2 Å². The molecule has 29 heavy (non-hydrogen) atoms. The van der Waals surface area contributed by atoms with Gasteiger partial charge in [0, 0.05) is 11.3 Å². The van der Waals surface area contributed by atoms with Crippen LogP contribution >= 0.6 is 0 Å². The number of anilines is 1. The first-order valence-corrected chi connectivity index (χ1v) is 8.85. The van der Waals surface area contributed by atoms with Crippen molar-refractivity contribution in [2.24, 2.45) is 0 Å². The molecule has 8 heteroatoms. The summed E-state index contributed by atoms with van der Waals surface area (Å²) < 4.78 is 7.13. The van der Waals surface area contributed by atoms with Gasteiger partial charge in [0.1, 0.15) is 5.75 Å². The number of nitrogens with zero attached hydrogens (tertiary/aromatic N) is 5. The van der Waals surface area contributed by atoms with Crippen LogP contribution in [0, 0.1) is 18.3 Å². The minimum atomic E-state index is -0.287. The fraction of sp³-hybridized carbons (Fsp3) is 0.0952. The van der Waals surface area contributed by atoms with E-state index in [0.717, 1.165) is 11.3 Å². The number of ether oxygens (including phenoxy) is 1. The lowest BCUT2D eigenvalue weighted by Crippen LogP contribution is -2.20. The van der Waals surface area contributed by atoms with Gasteiger partial charge < -0.3 is 10.1 Å². The summed E-state index contributed by atoms with van der Waals surface area (Å²) in [7, 11) is 0. The number of rotatable bonds is 5. The third-order valence-electron chi connectivity index (χ3n) is 4.21. The number of hydrogen-bond donors (Lipinski definition) is 1. The second-order valence-electron chi connectivity index (χ2n) is 6.29. The number of aromatic nitrogens is 4. The third kappa shape index (κ3) is 4.04. The minimum absolute atomic E-state index is 0.139. The molecule has 0 radical (unpaired) electrons. The van der Waals surface area contributed by atoms with Crippen molar-refractivity contribution in [3.05, 3.63) is 72.1 Å². The highest BCUT2D eigenvalue weighted by molar-refractivity contribution is 5.92. The Bertz CT molecular complexity index is 1220. The van der Waals surface area contributed by atoms with Crippen LogP contribution in [-0.2, 0) is 4.79 Å². The van der Waals surface area contributed by atoms with Gasteiger partial charge in [0.05, 0.1) is 17.3 Å². The second-order valence-corrected chi connectivity index (χ2v) is 6.29. The zero-order valence-electron chi connectivity index (χ0n) is 15.5. The average Bonchev–Trinajstić information content (AvgIpc) is 3.13. The monoisotopic (exact) mass is 384 g/mol. The predicted octanol–water partition coefficient (Wildman–Crippen LogP) is 2.99. The first kappa shape index (κ1) is 18.1. The summed E-state index contributed by atoms with van der Waals surface area (Å²) in [5.41, 5.74) is 3.44. The Hall–Kier alpha value is -4.25. The highest BCUT2D eigenvalue weighted by Crippen LogP contribution is 2.21. The molecule has 2 aromatic carbocycles. The van der Waals surface area contributed by atoms with Gasteiger partial charge in [-0.1, -0.05) is 12.1 Å². The number of nitriles is 1. The second kappa shape index (κ2) is 7.78. The van der Waals surface area contributed by atoms with Crippen molar-refractivity contribution in [1.29, 1.82) is 5.26 Å². The zero-order chi connectivity index (χ0) is 20.2. The fourth-order valence-corrected chi connectivity index (χ4v) is 2.78. The summed E-state index contributed by atoms with van der Waals surface area (Å²) in [6, 6.07) is 19.7. The number of benzene rings is 2. The Morgan fingerprint density at radius 2 is 1.97 bits per heavy atom. The molecule has 4 rings (SSSR count). The Morgan fingerprint density at radius 1 is 1.14 bits per heavy atom. The summed E-state index contributed by atoms with van der Waals surface area (Å²) in [4.78, 5) is 12.2. The van der Waals surface area contributed by atoms with Crippen LogP contribution in [0.5, 0.6) is 5.75 Å². The molecule has 0 atom stereocenters. The van der Waals surface area contributed by atoms with Gasteiger partial charge in [-0.2, -0.15) is 14.9 Å². The lowest BCUT2D eigenvalue weighted by atomic mass is 10.1. The van der Waals surface area contributed by atoms with Gasteiger partial charge in [0.25, 0.3) is 5.91 Å². The van der Waals surface area contributed by atoms with Crippen LogP contribution < -0.4 is 10.1 Å². The van der Waals surface area contributed by atoms with E-state index in [9.17, 15) is 4.79 Å². The molecule has 0 aliphatic carbocycles. The van der Waals surface area contributed by atoms with Crippen molar-refractivity contribution < 1.29 is 9.53 Å². The summed E-state index contributed by atoms with van der Waals surface area (Å²) in [6.45, 7) is 1.70. The molecule has 0 fully saturated rings. The number of carbonyl (C=O) groups excluding carboxylic acids is 1. The van der Waals surface area contributed by atoms with Gasteiger partial charge in [-0.05, 0) is 55.5 Å². The highest BCUT2D eigenvalue weighted by Gasteiger charge is 2.08. The number of hydrogen-bond acceptors (Lipinski definition) is 6. The SMILES string of the molecule is Cc1nnc2ccc(-c3cccc(NC(=O)COc4ccc(C#N)cc4)c3)nn12. The Balaban J connectivity index is 1.44. The molecule has 2 heterocycles. The molecular weight excluding hydrogens is 368 g/mol. The number of fused-ring (bicyclic) bond motifs is 1. The van der Waals surface area contributed by atoms with Crippen LogP contribution in [0.3, 0.4) is 0 Å². The van der Waals surface area contributed by atoms with Gasteiger partial charge in [0.2, 0.25) is 0 Å².